The highest BCUT2D eigenvalue weighted by Gasteiger charge is 2.32. The largest absolute Gasteiger partial charge is 0.327 e. The Morgan fingerprint density at radius 2 is 1.94 bits per heavy atom. The summed E-state index contributed by atoms with van der Waals surface area (Å²) in [6, 6.07) is 9.25. The minimum absolute atomic E-state index is 0.255. The van der Waals surface area contributed by atoms with Gasteiger partial charge in [0.1, 0.15) is 0 Å². The first kappa shape index (κ1) is 13.6. The van der Waals surface area contributed by atoms with Crippen molar-refractivity contribution in [3.8, 4) is 0 Å². The van der Waals surface area contributed by atoms with Gasteiger partial charge in [-0.25, -0.2) is 0 Å². The summed E-state index contributed by atoms with van der Waals surface area (Å²) in [5, 5.41) is 0. The van der Waals surface area contributed by atoms with Gasteiger partial charge in [0.15, 0.2) is 0 Å². The lowest BCUT2D eigenvalue weighted by molar-refractivity contribution is 0.0965. The van der Waals surface area contributed by atoms with Crippen LogP contribution in [0, 0.1) is 12.3 Å². The van der Waals surface area contributed by atoms with Crippen molar-refractivity contribution in [3.05, 3.63) is 35.4 Å². The van der Waals surface area contributed by atoms with E-state index in [0.717, 1.165) is 32.5 Å². The van der Waals surface area contributed by atoms with Crippen LogP contribution in [0.2, 0.25) is 0 Å². The molecule has 1 atom stereocenters. The maximum atomic E-state index is 6.17. The van der Waals surface area contributed by atoms with Crippen molar-refractivity contribution in [1.82, 2.24) is 4.90 Å². The lowest BCUT2D eigenvalue weighted by Gasteiger charge is -2.42. The van der Waals surface area contributed by atoms with Gasteiger partial charge in [-0.2, -0.15) is 0 Å². The minimum atomic E-state index is 0.255. The molecule has 0 aliphatic carbocycles. The average Bonchev–Trinajstić information content (AvgIpc) is 2.32. The topological polar surface area (TPSA) is 29.3 Å². The molecule has 1 unspecified atom stereocenters. The zero-order chi connectivity index (χ0) is 13.2. The maximum Gasteiger partial charge on any atom is 0.0115 e. The molecular weight excluding hydrogens is 220 g/mol. The minimum Gasteiger partial charge on any atom is -0.327 e. The van der Waals surface area contributed by atoms with Crippen molar-refractivity contribution in [2.24, 2.45) is 11.1 Å². The van der Waals surface area contributed by atoms with E-state index in [0.29, 0.717) is 6.04 Å². The van der Waals surface area contributed by atoms with Gasteiger partial charge in [-0.3, -0.25) is 0 Å². The summed E-state index contributed by atoms with van der Waals surface area (Å²) in [4.78, 5) is 2.56. The third kappa shape index (κ3) is 3.33. The summed E-state index contributed by atoms with van der Waals surface area (Å²) in [5.74, 6) is 0. The van der Waals surface area contributed by atoms with Crippen LogP contribution in [0.1, 0.15) is 31.4 Å². The van der Waals surface area contributed by atoms with Crippen molar-refractivity contribution in [2.45, 2.75) is 39.7 Å². The van der Waals surface area contributed by atoms with Crippen LogP contribution in [0.15, 0.2) is 24.3 Å². The Kier molecular flexibility index (Phi) is 4.08. The van der Waals surface area contributed by atoms with Gasteiger partial charge in [-0.05, 0) is 37.3 Å². The first-order valence-electron chi connectivity index (χ1n) is 7.01. The Morgan fingerprint density at radius 1 is 1.28 bits per heavy atom. The molecule has 0 bridgehead atoms. The Bertz CT molecular complexity index is 381. The summed E-state index contributed by atoms with van der Waals surface area (Å²) in [5.41, 5.74) is 9.20. The summed E-state index contributed by atoms with van der Waals surface area (Å²) < 4.78 is 0. The molecule has 1 aliphatic rings. The molecule has 2 nitrogen and oxygen atoms in total. The van der Waals surface area contributed by atoms with E-state index in [1.807, 2.05) is 0 Å². The van der Waals surface area contributed by atoms with Crippen molar-refractivity contribution in [1.29, 1.82) is 0 Å². The molecule has 2 heteroatoms. The summed E-state index contributed by atoms with van der Waals surface area (Å²) >= 11 is 0. The maximum absolute atomic E-state index is 6.17. The highest BCUT2D eigenvalue weighted by Crippen LogP contribution is 2.27. The van der Waals surface area contributed by atoms with Gasteiger partial charge in [0.25, 0.3) is 0 Å². The molecule has 1 saturated heterocycles. The third-order valence-electron chi connectivity index (χ3n) is 4.23. The predicted octanol–water partition coefficient (Wildman–Crippen LogP) is 2.60. The molecule has 1 aromatic rings. The number of aryl methyl sites for hydroxylation is 1. The molecule has 1 aromatic carbocycles. The smallest absolute Gasteiger partial charge is 0.0115 e. The number of nitrogens with zero attached hydrogens (tertiary/aromatic N) is 1. The molecule has 0 radical (unpaired) electrons. The van der Waals surface area contributed by atoms with Crippen molar-refractivity contribution in [2.75, 3.05) is 19.6 Å². The van der Waals surface area contributed by atoms with Gasteiger partial charge in [-0.15, -0.1) is 0 Å². The standard InChI is InChI=1S/C16H26N2/c1-13-4-6-14(7-5-13)8-10-18-11-9-15(17)16(2,3)12-18/h4-7,15H,8-12,17H2,1-3H3. The van der Waals surface area contributed by atoms with Gasteiger partial charge in [-0.1, -0.05) is 43.7 Å². The van der Waals surface area contributed by atoms with E-state index >= 15 is 0 Å². The van der Waals surface area contributed by atoms with Gasteiger partial charge in [0.05, 0.1) is 0 Å². The molecular formula is C16H26N2. The Hall–Kier alpha value is -0.860. The second-order valence-corrected chi connectivity index (χ2v) is 6.40. The molecule has 0 aromatic heterocycles. The zero-order valence-corrected chi connectivity index (χ0v) is 11.9. The van der Waals surface area contributed by atoms with E-state index in [4.69, 9.17) is 5.73 Å². The fraction of sp³-hybridized carbons (Fsp3) is 0.625. The van der Waals surface area contributed by atoms with E-state index < -0.39 is 0 Å². The number of likely N-dealkylation sites (tertiary alicyclic amines) is 1. The van der Waals surface area contributed by atoms with Gasteiger partial charge in [0, 0.05) is 19.1 Å². The molecule has 1 fully saturated rings. The lowest BCUT2D eigenvalue weighted by atomic mass is 9.79. The van der Waals surface area contributed by atoms with Crippen LogP contribution in [0.25, 0.3) is 0 Å². The highest BCUT2D eigenvalue weighted by atomic mass is 15.1. The number of piperidine rings is 1. The quantitative estimate of drug-likeness (QED) is 0.888. The highest BCUT2D eigenvalue weighted by molar-refractivity contribution is 5.21. The number of hydrogen-bond acceptors (Lipinski definition) is 2. The third-order valence-corrected chi connectivity index (χ3v) is 4.23. The lowest BCUT2D eigenvalue weighted by Crippen LogP contribution is -2.52. The van der Waals surface area contributed by atoms with Crippen molar-refractivity contribution in [3.63, 3.8) is 0 Å². The molecule has 18 heavy (non-hydrogen) atoms. The molecule has 0 saturated carbocycles. The molecule has 2 N–H and O–H groups in total. The van der Waals surface area contributed by atoms with Crippen LogP contribution < -0.4 is 5.73 Å². The molecule has 100 valence electrons. The normalized spacial score (nSPS) is 24.1. The van der Waals surface area contributed by atoms with Gasteiger partial charge < -0.3 is 10.6 Å². The zero-order valence-electron chi connectivity index (χ0n) is 11.9. The molecule has 0 spiro atoms. The number of rotatable bonds is 3. The predicted molar refractivity (Wildman–Crippen MR) is 77.7 cm³/mol. The van der Waals surface area contributed by atoms with E-state index in [-0.39, 0.29) is 5.41 Å². The second kappa shape index (κ2) is 5.41. The van der Waals surface area contributed by atoms with Crippen LogP contribution in [-0.2, 0) is 6.42 Å². The Morgan fingerprint density at radius 3 is 2.56 bits per heavy atom. The number of hydrogen-bond donors (Lipinski definition) is 1. The van der Waals surface area contributed by atoms with E-state index in [9.17, 15) is 0 Å². The average molecular weight is 246 g/mol. The number of benzene rings is 1. The second-order valence-electron chi connectivity index (χ2n) is 6.40. The SMILES string of the molecule is Cc1ccc(CCN2CCC(N)C(C)(C)C2)cc1. The summed E-state index contributed by atoms with van der Waals surface area (Å²) in [6.45, 7) is 10.1. The van der Waals surface area contributed by atoms with Crippen molar-refractivity contribution >= 4 is 0 Å². The van der Waals surface area contributed by atoms with E-state index in [2.05, 4.69) is 49.9 Å². The molecule has 2 rings (SSSR count). The Balaban J connectivity index is 1.86. The monoisotopic (exact) mass is 246 g/mol. The van der Waals surface area contributed by atoms with Crippen LogP contribution in [0.4, 0.5) is 0 Å². The fourth-order valence-electron chi connectivity index (χ4n) is 2.72. The molecule has 0 amide bonds. The molecule has 1 aliphatic heterocycles. The molecule has 1 heterocycles. The Labute approximate surface area is 111 Å². The number of nitrogens with two attached hydrogens (primary N) is 1. The first-order chi connectivity index (χ1) is 8.47. The summed E-state index contributed by atoms with van der Waals surface area (Å²) in [6.07, 6.45) is 2.27. The van der Waals surface area contributed by atoms with Crippen LogP contribution in [0.5, 0.6) is 0 Å². The van der Waals surface area contributed by atoms with Crippen LogP contribution in [-0.4, -0.2) is 30.6 Å². The van der Waals surface area contributed by atoms with E-state index in [1.54, 1.807) is 0 Å². The van der Waals surface area contributed by atoms with Gasteiger partial charge >= 0.3 is 0 Å². The van der Waals surface area contributed by atoms with Crippen LogP contribution in [0.3, 0.4) is 0 Å². The van der Waals surface area contributed by atoms with Crippen molar-refractivity contribution < 1.29 is 0 Å². The fourth-order valence-corrected chi connectivity index (χ4v) is 2.72. The first-order valence-corrected chi connectivity index (χ1v) is 7.01. The van der Waals surface area contributed by atoms with Gasteiger partial charge in [0.2, 0.25) is 0 Å². The van der Waals surface area contributed by atoms with Crippen LogP contribution >= 0.6 is 0 Å². The summed E-state index contributed by atoms with van der Waals surface area (Å²) in [7, 11) is 0. The van der Waals surface area contributed by atoms with E-state index in [1.165, 1.54) is 11.1 Å².